The molecule has 0 aliphatic heterocycles. The van der Waals surface area contributed by atoms with Crippen LogP contribution in [0.4, 0.5) is 0 Å². The molecule has 0 saturated heterocycles. The van der Waals surface area contributed by atoms with Crippen molar-refractivity contribution in [2.24, 2.45) is 5.73 Å². The lowest BCUT2D eigenvalue weighted by molar-refractivity contribution is 0.340. The maximum Gasteiger partial charge on any atom is 0.124 e. The van der Waals surface area contributed by atoms with E-state index in [4.69, 9.17) is 15.5 Å². The average Bonchev–Trinajstić information content (AvgIpc) is 2.67. The number of benzene rings is 1. The number of fused-ring (bicyclic) bond motifs is 1. The summed E-state index contributed by atoms with van der Waals surface area (Å²) in [5, 5.41) is 0. The molecule has 0 amide bonds. The van der Waals surface area contributed by atoms with E-state index in [2.05, 4.69) is 15.5 Å². The maximum absolute atomic E-state index is 5.70. The predicted molar refractivity (Wildman–Crippen MR) is 77.3 cm³/mol. The summed E-state index contributed by atoms with van der Waals surface area (Å²) in [6, 6.07) is 6.03. The fourth-order valence-electron chi connectivity index (χ4n) is 2.20. The number of hydrogen-bond acceptors (Lipinski definition) is 4. The second-order valence-corrected chi connectivity index (χ2v) is 4.79. The zero-order valence-corrected chi connectivity index (χ0v) is 11.9. The number of ether oxygens (including phenoxy) is 1. The first-order valence-corrected chi connectivity index (χ1v) is 6.62. The van der Waals surface area contributed by atoms with Crippen molar-refractivity contribution in [3.8, 4) is 5.75 Å². The van der Waals surface area contributed by atoms with Gasteiger partial charge in [-0.05, 0) is 33.2 Å². The van der Waals surface area contributed by atoms with Crippen LogP contribution >= 0.6 is 0 Å². The minimum absolute atomic E-state index is 0.610. The molecule has 19 heavy (non-hydrogen) atoms. The molecule has 0 atom stereocenters. The van der Waals surface area contributed by atoms with Crippen molar-refractivity contribution in [2.45, 2.75) is 20.0 Å². The van der Waals surface area contributed by atoms with Crippen LogP contribution < -0.4 is 10.5 Å². The van der Waals surface area contributed by atoms with Gasteiger partial charge in [-0.1, -0.05) is 0 Å². The second kappa shape index (κ2) is 6.04. The molecule has 0 saturated carbocycles. The molecule has 2 rings (SSSR count). The van der Waals surface area contributed by atoms with Crippen LogP contribution in [0.25, 0.3) is 11.0 Å². The molecule has 5 heteroatoms. The Morgan fingerprint density at radius 2 is 2.16 bits per heavy atom. The first kappa shape index (κ1) is 13.8. The minimum atomic E-state index is 0.610. The quantitative estimate of drug-likeness (QED) is 0.856. The highest BCUT2D eigenvalue weighted by Gasteiger charge is 2.11. The molecule has 1 aromatic heterocycles. The van der Waals surface area contributed by atoms with E-state index in [1.165, 1.54) is 0 Å². The highest BCUT2D eigenvalue weighted by molar-refractivity contribution is 5.77. The van der Waals surface area contributed by atoms with E-state index in [1.54, 1.807) is 0 Å². The fraction of sp³-hybridized carbons (Fsp3) is 0.500. The van der Waals surface area contributed by atoms with Crippen LogP contribution in [0.3, 0.4) is 0 Å². The summed E-state index contributed by atoms with van der Waals surface area (Å²) in [7, 11) is 4.08. The number of aromatic nitrogens is 2. The van der Waals surface area contributed by atoms with Crippen molar-refractivity contribution in [1.82, 2.24) is 14.5 Å². The molecule has 5 nitrogen and oxygen atoms in total. The van der Waals surface area contributed by atoms with Crippen molar-refractivity contribution in [3.05, 3.63) is 24.0 Å². The minimum Gasteiger partial charge on any atom is -0.494 e. The molecule has 0 unspecified atom stereocenters. The molecule has 104 valence electrons. The SMILES string of the molecule is CCOc1ccc2c(c1)nc(CN(C)C)n2CCN. The van der Waals surface area contributed by atoms with Gasteiger partial charge in [0.2, 0.25) is 0 Å². The summed E-state index contributed by atoms with van der Waals surface area (Å²) in [6.07, 6.45) is 0. The van der Waals surface area contributed by atoms with Gasteiger partial charge in [0.05, 0.1) is 24.2 Å². The van der Waals surface area contributed by atoms with Gasteiger partial charge >= 0.3 is 0 Å². The molecule has 1 heterocycles. The van der Waals surface area contributed by atoms with Crippen LogP contribution in [0.5, 0.6) is 5.75 Å². The summed E-state index contributed by atoms with van der Waals surface area (Å²) in [5.41, 5.74) is 7.79. The standard InChI is InChI=1S/C14H22N4O/c1-4-19-11-5-6-13-12(9-11)16-14(10-17(2)3)18(13)8-7-15/h5-6,9H,4,7-8,10,15H2,1-3H3. The van der Waals surface area contributed by atoms with E-state index in [-0.39, 0.29) is 0 Å². The van der Waals surface area contributed by atoms with E-state index >= 15 is 0 Å². The first-order chi connectivity index (χ1) is 9.15. The number of hydrogen-bond donors (Lipinski definition) is 1. The lowest BCUT2D eigenvalue weighted by Gasteiger charge is -2.11. The molecule has 0 fully saturated rings. The van der Waals surface area contributed by atoms with Gasteiger partial charge in [-0.25, -0.2) is 4.98 Å². The molecule has 0 aliphatic carbocycles. The van der Waals surface area contributed by atoms with Crippen molar-refractivity contribution in [3.63, 3.8) is 0 Å². The monoisotopic (exact) mass is 262 g/mol. The molecule has 2 aromatic rings. The van der Waals surface area contributed by atoms with E-state index in [9.17, 15) is 0 Å². The van der Waals surface area contributed by atoms with Gasteiger partial charge in [-0.2, -0.15) is 0 Å². The Balaban J connectivity index is 2.45. The van der Waals surface area contributed by atoms with Gasteiger partial charge < -0.3 is 19.9 Å². The highest BCUT2D eigenvalue weighted by Crippen LogP contribution is 2.22. The number of nitrogens with zero attached hydrogens (tertiary/aromatic N) is 3. The molecule has 0 radical (unpaired) electrons. The number of nitrogens with two attached hydrogens (primary N) is 1. The zero-order valence-electron chi connectivity index (χ0n) is 11.9. The fourth-order valence-corrected chi connectivity index (χ4v) is 2.20. The van der Waals surface area contributed by atoms with Crippen LogP contribution in [0, 0.1) is 0 Å². The molecule has 0 aliphatic rings. The Kier molecular flexibility index (Phi) is 4.39. The summed E-state index contributed by atoms with van der Waals surface area (Å²) < 4.78 is 7.71. The summed E-state index contributed by atoms with van der Waals surface area (Å²) in [5.74, 6) is 1.91. The Hall–Kier alpha value is -1.59. The van der Waals surface area contributed by atoms with Gasteiger partial charge in [0.1, 0.15) is 11.6 Å². The molecular weight excluding hydrogens is 240 g/mol. The zero-order chi connectivity index (χ0) is 13.8. The summed E-state index contributed by atoms with van der Waals surface area (Å²) in [4.78, 5) is 6.81. The lowest BCUT2D eigenvalue weighted by Crippen LogP contribution is -2.18. The normalized spacial score (nSPS) is 11.4. The van der Waals surface area contributed by atoms with Crippen LogP contribution in [0.1, 0.15) is 12.7 Å². The second-order valence-electron chi connectivity index (χ2n) is 4.79. The van der Waals surface area contributed by atoms with Crippen molar-refractivity contribution >= 4 is 11.0 Å². The summed E-state index contributed by atoms with van der Waals surface area (Å²) >= 11 is 0. The highest BCUT2D eigenvalue weighted by atomic mass is 16.5. The molecule has 0 bridgehead atoms. The van der Waals surface area contributed by atoms with E-state index in [0.29, 0.717) is 13.2 Å². The molecule has 0 spiro atoms. The average molecular weight is 262 g/mol. The molecule has 1 aromatic carbocycles. The van der Waals surface area contributed by atoms with E-state index in [1.807, 2.05) is 33.2 Å². The van der Waals surface area contributed by atoms with Crippen LogP contribution in [-0.4, -0.2) is 41.7 Å². The third-order valence-electron chi connectivity index (χ3n) is 2.92. The van der Waals surface area contributed by atoms with Crippen molar-refractivity contribution in [1.29, 1.82) is 0 Å². The van der Waals surface area contributed by atoms with Gasteiger partial charge in [0.25, 0.3) is 0 Å². The number of rotatable bonds is 6. The Morgan fingerprint density at radius 3 is 2.79 bits per heavy atom. The van der Waals surface area contributed by atoms with Crippen LogP contribution in [-0.2, 0) is 13.1 Å². The Labute approximate surface area is 114 Å². The largest absolute Gasteiger partial charge is 0.494 e. The Bertz CT molecular complexity index is 548. The van der Waals surface area contributed by atoms with Crippen molar-refractivity contribution in [2.75, 3.05) is 27.2 Å². The van der Waals surface area contributed by atoms with Crippen LogP contribution in [0.2, 0.25) is 0 Å². The van der Waals surface area contributed by atoms with Crippen LogP contribution in [0.15, 0.2) is 18.2 Å². The molecule has 2 N–H and O–H groups in total. The maximum atomic E-state index is 5.70. The van der Waals surface area contributed by atoms with Gasteiger partial charge in [0.15, 0.2) is 0 Å². The lowest BCUT2D eigenvalue weighted by atomic mass is 10.3. The number of imidazole rings is 1. The molecular formula is C14H22N4O. The van der Waals surface area contributed by atoms with E-state index < -0.39 is 0 Å². The predicted octanol–water partition coefficient (Wildman–Crippen LogP) is 1.46. The first-order valence-electron chi connectivity index (χ1n) is 6.62. The third kappa shape index (κ3) is 3.05. The Morgan fingerprint density at radius 1 is 1.37 bits per heavy atom. The van der Waals surface area contributed by atoms with Gasteiger partial charge in [0, 0.05) is 19.2 Å². The van der Waals surface area contributed by atoms with Crippen molar-refractivity contribution < 1.29 is 4.74 Å². The topological polar surface area (TPSA) is 56.3 Å². The summed E-state index contributed by atoms with van der Waals surface area (Å²) in [6.45, 7) is 4.85. The third-order valence-corrected chi connectivity index (χ3v) is 2.92. The smallest absolute Gasteiger partial charge is 0.124 e. The van der Waals surface area contributed by atoms with Gasteiger partial charge in [-0.15, -0.1) is 0 Å². The van der Waals surface area contributed by atoms with Gasteiger partial charge in [-0.3, -0.25) is 0 Å². The van der Waals surface area contributed by atoms with E-state index in [0.717, 1.165) is 35.7 Å².